The average molecular weight is 551 g/mol. The number of carbonyl (C=O) groups is 7. The highest BCUT2D eigenvalue weighted by molar-refractivity contribution is 5.95. The van der Waals surface area contributed by atoms with Crippen LogP contribution in [0, 0.1) is 5.92 Å². The molecule has 0 aliphatic heterocycles. The van der Waals surface area contributed by atoms with Crippen molar-refractivity contribution in [1.82, 2.24) is 21.3 Å². The standard InChI is InChI=1S/C25H34N4O10/c1-13(2)22(25(39)26-14(3)23(37)27-16(12-30)11-21(35)36)29-24(38)18(28-19(32)8-9-20(33)34)10-15-4-6-17(31)7-5-15/h4-7,12-14,16,18,22,31H,8-11H2,1-3H3,(H,26,39)(H,27,37)(H,28,32)(H,29,38)(H,33,34)(H,35,36)/t14-,16-,18-,22-/m0/s1. The molecule has 0 fully saturated rings. The number of carboxylic acid groups (broad SMARTS) is 2. The Labute approximate surface area is 224 Å². The van der Waals surface area contributed by atoms with Crippen LogP contribution in [0.25, 0.3) is 0 Å². The molecule has 14 nitrogen and oxygen atoms in total. The van der Waals surface area contributed by atoms with Crippen molar-refractivity contribution in [2.75, 3.05) is 0 Å². The number of phenolic OH excluding ortho intramolecular Hbond substituents is 1. The highest BCUT2D eigenvalue weighted by Crippen LogP contribution is 2.12. The Morgan fingerprint density at radius 2 is 1.41 bits per heavy atom. The Bertz CT molecular complexity index is 1060. The largest absolute Gasteiger partial charge is 0.508 e. The fraction of sp³-hybridized carbons (Fsp3) is 0.480. The van der Waals surface area contributed by atoms with Crippen LogP contribution in [-0.4, -0.2) is 81.3 Å². The van der Waals surface area contributed by atoms with Crippen LogP contribution >= 0.6 is 0 Å². The molecule has 7 N–H and O–H groups in total. The summed E-state index contributed by atoms with van der Waals surface area (Å²) in [7, 11) is 0. The van der Waals surface area contributed by atoms with Gasteiger partial charge in [-0.25, -0.2) is 0 Å². The van der Waals surface area contributed by atoms with E-state index in [1.807, 2.05) is 0 Å². The van der Waals surface area contributed by atoms with Gasteiger partial charge >= 0.3 is 11.9 Å². The number of aromatic hydroxyl groups is 1. The molecule has 214 valence electrons. The molecular formula is C25H34N4O10. The fourth-order valence-corrected chi connectivity index (χ4v) is 3.35. The second-order valence-corrected chi connectivity index (χ2v) is 9.19. The number of aliphatic carboxylic acids is 2. The minimum atomic E-state index is -1.30. The first kappa shape index (κ1) is 32.5. The number of carboxylic acids is 2. The zero-order valence-corrected chi connectivity index (χ0v) is 21.8. The number of amides is 4. The van der Waals surface area contributed by atoms with Crippen LogP contribution in [-0.2, 0) is 40.0 Å². The molecule has 1 aromatic carbocycles. The van der Waals surface area contributed by atoms with Gasteiger partial charge in [0.15, 0.2) is 0 Å². The zero-order valence-electron chi connectivity index (χ0n) is 21.8. The van der Waals surface area contributed by atoms with E-state index in [0.717, 1.165) is 0 Å². The maximum atomic E-state index is 13.2. The number of phenols is 1. The van der Waals surface area contributed by atoms with Crippen LogP contribution < -0.4 is 21.3 Å². The second kappa shape index (κ2) is 15.7. The Morgan fingerprint density at radius 3 is 1.92 bits per heavy atom. The van der Waals surface area contributed by atoms with Gasteiger partial charge in [0, 0.05) is 12.8 Å². The van der Waals surface area contributed by atoms with Gasteiger partial charge in [-0.1, -0.05) is 26.0 Å². The van der Waals surface area contributed by atoms with Gasteiger partial charge in [-0.3, -0.25) is 28.8 Å². The molecule has 0 aliphatic carbocycles. The van der Waals surface area contributed by atoms with Crippen LogP contribution in [0.1, 0.15) is 45.6 Å². The SMILES string of the molecule is CC(C)[C@H](NC(=O)[C@H](Cc1ccc(O)cc1)NC(=O)CCC(=O)O)C(=O)N[C@@H](C)C(=O)N[C@H](C=O)CC(=O)O. The highest BCUT2D eigenvalue weighted by atomic mass is 16.4. The van der Waals surface area contributed by atoms with Gasteiger partial charge in [0.2, 0.25) is 23.6 Å². The van der Waals surface area contributed by atoms with Crippen molar-refractivity contribution in [1.29, 1.82) is 0 Å². The first-order valence-electron chi connectivity index (χ1n) is 12.1. The van der Waals surface area contributed by atoms with E-state index in [4.69, 9.17) is 10.2 Å². The normalized spacial score (nSPS) is 13.7. The van der Waals surface area contributed by atoms with Crippen LogP contribution in [0.4, 0.5) is 0 Å². The lowest BCUT2D eigenvalue weighted by atomic mass is 10.0. The maximum Gasteiger partial charge on any atom is 0.305 e. The van der Waals surface area contributed by atoms with Gasteiger partial charge in [0.25, 0.3) is 0 Å². The lowest BCUT2D eigenvalue weighted by Crippen LogP contribution is -2.58. The van der Waals surface area contributed by atoms with E-state index in [1.165, 1.54) is 31.2 Å². The molecule has 39 heavy (non-hydrogen) atoms. The van der Waals surface area contributed by atoms with E-state index in [9.17, 15) is 38.7 Å². The molecule has 0 radical (unpaired) electrons. The van der Waals surface area contributed by atoms with Crippen LogP contribution in [0.2, 0.25) is 0 Å². The summed E-state index contributed by atoms with van der Waals surface area (Å²) >= 11 is 0. The molecule has 14 heteroatoms. The number of aldehydes is 1. The van der Waals surface area contributed by atoms with Crippen molar-refractivity contribution in [2.24, 2.45) is 5.92 Å². The van der Waals surface area contributed by atoms with Crippen molar-refractivity contribution < 1.29 is 48.9 Å². The monoisotopic (exact) mass is 550 g/mol. The average Bonchev–Trinajstić information content (AvgIpc) is 2.85. The third-order valence-corrected chi connectivity index (χ3v) is 5.48. The predicted octanol–water partition coefficient (Wildman–Crippen LogP) is -0.912. The molecule has 0 heterocycles. The van der Waals surface area contributed by atoms with Crippen molar-refractivity contribution in [3.05, 3.63) is 29.8 Å². The Morgan fingerprint density at radius 1 is 0.795 bits per heavy atom. The minimum absolute atomic E-state index is 0.0117. The highest BCUT2D eigenvalue weighted by Gasteiger charge is 2.31. The molecule has 0 unspecified atom stereocenters. The van der Waals surface area contributed by atoms with Crippen molar-refractivity contribution in [3.8, 4) is 5.75 Å². The van der Waals surface area contributed by atoms with E-state index < -0.39 is 78.5 Å². The molecular weight excluding hydrogens is 516 g/mol. The van der Waals surface area contributed by atoms with Crippen LogP contribution in [0.5, 0.6) is 5.75 Å². The maximum absolute atomic E-state index is 13.2. The van der Waals surface area contributed by atoms with Crippen LogP contribution in [0.15, 0.2) is 24.3 Å². The Hall–Kier alpha value is -4.49. The number of benzene rings is 1. The summed E-state index contributed by atoms with van der Waals surface area (Å²) in [6, 6.07) is 1.00. The molecule has 0 saturated carbocycles. The van der Waals surface area contributed by atoms with Gasteiger partial charge in [-0.2, -0.15) is 0 Å². The summed E-state index contributed by atoms with van der Waals surface area (Å²) in [6.07, 6.45) is -1.24. The first-order valence-corrected chi connectivity index (χ1v) is 12.1. The second-order valence-electron chi connectivity index (χ2n) is 9.19. The summed E-state index contributed by atoms with van der Waals surface area (Å²) in [5, 5.41) is 36.7. The van der Waals surface area contributed by atoms with Crippen molar-refractivity contribution >= 4 is 41.9 Å². The van der Waals surface area contributed by atoms with Gasteiger partial charge in [-0.05, 0) is 30.5 Å². The van der Waals surface area contributed by atoms with E-state index in [-0.39, 0.29) is 24.9 Å². The lowest BCUT2D eigenvalue weighted by Gasteiger charge is -2.27. The molecule has 0 bridgehead atoms. The fourth-order valence-electron chi connectivity index (χ4n) is 3.35. The zero-order chi connectivity index (χ0) is 29.7. The third-order valence-electron chi connectivity index (χ3n) is 5.48. The summed E-state index contributed by atoms with van der Waals surface area (Å²) < 4.78 is 0. The summed E-state index contributed by atoms with van der Waals surface area (Å²) in [6.45, 7) is 4.57. The number of rotatable bonds is 16. The predicted molar refractivity (Wildman–Crippen MR) is 135 cm³/mol. The van der Waals surface area contributed by atoms with Crippen molar-refractivity contribution in [2.45, 2.75) is 70.6 Å². The lowest BCUT2D eigenvalue weighted by molar-refractivity contribution is -0.139. The molecule has 0 aromatic heterocycles. The molecule has 1 rings (SSSR count). The summed E-state index contributed by atoms with van der Waals surface area (Å²) in [4.78, 5) is 83.3. The Balaban J connectivity index is 2.98. The Kier molecular flexibility index (Phi) is 13.1. The molecule has 0 spiro atoms. The molecule has 4 amide bonds. The summed E-state index contributed by atoms with van der Waals surface area (Å²) in [5.41, 5.74) is 0.563. The molecule has 0 aliphatic rings. The van der Waals surface area contributed by atoms with E-state index in [0.29, 0.717) is 5.56 Å². The number of hydrogen-bond donors (Lipinski definition) is 7. The summed E-state index contributed by atoms with van der Waals surface area (Å²) in [5.74, 6) is -5.99. The number of hydrogen-bond acceptors (Lipinski definition) is 8. The number of nitrogens with one attached hydrogen (secondary N) is 4. The van der Waals surface area contributed by atoms with Gasteiger partial charge < -0.3 is 41.4 Å². The van der Waals surface area contributed by atoms with Gasteiger partial charge in [0.1, 0.15) is 30.2 Å². The first-order chi connectivity index (χ1) is 18.2. The van der Waals surface area contributed by atoms with E-state index >= 15 is 0 Å². The van der Waals surface area contributed by atoms with E-state index in [2.05, 4.69) is 21.3 Å². The van der Waals surface area contributed by atoms with Crippen molar-refractivity contribution in [3.63, 3.8) is 0 Å². The number of carbonyl (C=O) groups excluding carboxylic acids is 5. The van der Waals surface area contributed by atoms with E-state index in [1.54, 1.807) is 13.8 Å². The minimum Gasteiger partial charge on any atom is -0.508 e. The van der Waals surface area contributed by atoms with Crippen LogP contribution in [0.3, 0.4) is 0 Å². The smallest absolute Gasteiger partial charge is 0.305 e. The quantitative estimate of drug-likeness (QED) is 0.125. The molecule has 1 aromatic rings. The van der Waals surface area contributed by atoms with Gasteiger partial charge in [0.05, 0.1) is 18.9 Å². The molecule has 4 atom stereocenters. The van der Waals surface area contributed by atoms with Gasteiger partial charge in [-0.15, -0.1) is 0 Å². The topological polar surface area (TPSA) is 228 Å². The third kappa shape index (κ3) is 12.1. The molecule has 0 saturated heterocycles.